The lowest BCUT2D eigenvalue weighted by Crippen LogP contribution is -2.42. The van der Waals surface area contributed by atoms with Crippen molar-refractivity contribution < 1.29 is 24.5 Å². The predicted octanol–water partition coefficient (Wildman–Crippen LogP) is 1.96. The van der Waals surface area contributed by atoms with Gasteiger partial charge in [-0.15, -0.1) is 0 Å². The molecule has 3 N–H and O–H groups in total. The molecule has 2 aliphatic heterocycles. The molecule has 3 fully saturated rings. The van der Waals surface area contributed by atoms with Crippen LogP contribution in [-0.2, 0) is 9.59 Å². The molecule has 1 aromatic rings. The Morgan fingerprint density at radius 2 is 1.88 bits per heavy atom. The minimum atomic E-state index is -0.445. The Bertz CT molecular complexity index is 740. The fourth-order valence-electron chi connectivity index (χ4n) is 5.28. The summed E-state index contributed by atoms with van der Waals surface area (Å²) in [5.41, 5.74) is 1.22. The van der Waals surface area contributed by atoms with Gasteiger partial charge in [-0.3, -0.25) is 14.5 Å². The maximum Gasteiger partial charge on any atom is 0.290 e. The number of anilines is 1. The molecule has 2 heterocycles. The quantitative estimate of drug-likeness (QED) is 0.573. The predicted molar refractivity (Wildman–Crippen MR) is 123 cm³/mol. The number of aliphatic hydroxyl groups excluding tert-OH is 1. The molecule has 3 aliphatic rings. The lowest BCUT2D eigenvalue weighted by molar-refractivity contribution is -0.123. The minimum Gasteiger partial charge on any atom is -0.488 e. The van der Waals surface area contributed by atoms with Crippen LogP contribution in [0.4, 0.5) is 5.69 Å². The lowest BCUT2D eigenvalue weighted by Gasteiger charge is -2.35. The van der Waals surface area contributed by atoms with Crippen molar-refractivity contribution >= 4 is 18.1 Å². The first-order chi connectivity index (χ1) is 15.5. The van der Waals surface area contributed by atoms with E-state index in [0.29, 0.717) is 24.9 Å². The van der Waals surface area contributed by atoms with E-state index in [9.17, 15) is 9.90 Å². The molecule has 0 spiro atoms. The summed E-state index contributed by atoms with van der Waals surface area (Å²) >= 11 is 0. The Kier molecular flexibility index (Phi) is 9.17. The molecule has 0 radical (unpaired) electrons. The van der Waals surface area contributed by atoms with Gasteiger partial charge in [0, 0.05) is 44.5 Å². The zero-order chi connectivity index (χ0) is 22.9. The van der Waals surface area contributed by atoms with Crippen molar-refractivity contribution in [1.82, 2.24) is 10.2 Å². The Hall–Kier alpha value is -2.32. The van der Waals surface area contributed by atoms with Gasteiger partial charge in [0.05, 0.1) is 12.6 Å². The molecule has 1 aromatic carbocycles. The van der Waals surface area contributed by atoms with Crippen molar-refractivity contribution in [2.45, 2.75) is 51.2 Å². The summed E-state index contributed by atoms with van der Waals surface area (Å²) in [5.74, 6) is 1.89. The summed E-state index contributed by atoms with van der Waals surface area (Å²) in [7, 11) is 0. The molecule has 4 rings (SSSR count). The van der Waals surface area contributed by atoms with Gasteiger partial charge in [0.15, 0.2) is 0 Å². The number of amides is 1. The number of nitrogens with zero attached hydrogens (tertiary/aromatic N) is 2. The molecular weight excluding hydrogens is 410 g/mol. The van der Waals surface area contributed by atoms with E-state index in [-0.39, 0.29) is 18.5 Å². The smallest absolute Gasteiger partial charge is 0.290 e. The summed E-state index contributed by atoms with van der Waals surface area (Å²) in [6.45, 7) is 6.87. The first-order valence-electron chi connectivity index (χ1n) is 11.8. The van der Waals surface area contributed by atoms with Crippen LogP contribution >= 0.6 is 0 Å². The number of likely N-dealkylation sites (N-methyl/N-ethyl adjacent to an activating group) is 1. The second-order valence-electron chi connectivity index (χ2n) is 9.01. The molecule has 4 atom stereocenters. The Morgan fingerprint density at radius 1 is 1.19 bits per heavy atom. The number of carboxylic acid groups (broad SMARTS) is 1. The van der Waals surface area contributed by atoms with Gasteiger partial charge in [0.1, 0.15) is 11.9 Å². The zero-order valence-corrected chi connectivity index (χ0v) is 19.0. The van der Waals surface area contributed by atoms with Gasteiger partial charge >= 0.3 is 0 Å². The standard InChI is InChI=1S/C23H35N3O3.CH2O2/c1-2-24-23(28)16-25-14-17-11-21(27)22(12-18(17)15-25)29-20-8-6-7-19(13-20)26-9-4-3-5-10-26;2-1-3/h6-8,13,17-18,21-22,27H,2-5,9-12,14-16H2,1H3,(H,24,28);1H,(H,2,3)/t17-,18+,21+,22+;/m0./s1. The van der Waals surface area contributed by atoms with Crippen molar-refractivity contribution in [3.05, 3.63) is 24.3 Å². The molecule has 178 valence electrons. The highest BCUT2D eigenvalue weighted by Crippen LogP contribution is 2.38. The summed E-state index contributed by atoms with van der Waals surface area (Å²) in [6, 6.07) is 8.34. The van der Waals surface area contributed by atoms with Crippen LogP contribution in [0.15, 0.2) is 24.3 Å². The summed E-state index contributed by atoms with van der Waals surface area (Å²) in [6.07, 6.45) is 4.82. The first-order valence-corrected chi connectivity index (χ1v) is 11.8. The van der Waals surface area contributed by atoms with Crippen LogP contribution in [-0.4, -0.2) is 79.0 Å². The number of carbonyl (C=O) groups is 2. The number of rotatable bonds is 6. The average molecular weight is 448 g/mol. The Balaban J connectivity index is 0.000000913. The highest BCUT2D eigenvalue weighted by atomic mass is 16.5. The van der Waals surface area contributed by atoms with Crippen LogP contribution in [0.3, 0.4) is 0 Å². The fraction of sp³-hybridized carbons (Fsp3) is 0.667. The van der Waals surface area contributed by atoms with Crippen LogP contribution in [0, 0.1) is 11.8 Å². The van der Waals surface area contributed by atoms with E-state index in [4.69, 9.17) is 14.6 Å². The third-order valence-corrected chi connectivity index (χ3v) is 6.73. The average Bonchev–Trinajstić information content (AvgIpc) is 3.16. The molecule has 0 aromatic heterocycles. The van der Waals surface area contributed by atoms with Crippen LogP contribution in [0.2, 0.25) is 0 Å². The van der Waals surface area contributed by atoms with Gasteiger partial charge in [0.2, 0.25) is 5.91 Å². The van der Waals surface area contributed by atoms with Crippen molar-refractivity contribution in [3.63, 3.8) is 0 Å². The van der Waals surface area contributed by atoms with Crippen LogP contribution in [0.1, 0.15) is 39.0 Å². The van der Waals surface area contributed by atoms with Crippen LogP contribution < -0.4 is 15.0 Å². The maximum absolute atomic E-state index is 11.9. The largest absolute Gasteiger partial charge is 0.488 e. The molecule has 8 heteroatoms. The third kappa shape index (κ3) is 6.59. The lowest BCUT2D eigenvalue weighted by atomic mass is 9.78. The van der Waals surface area contributed by atoms with Crippen LogP contribution in [0.25, 0.3) is 0 Å². The van der Waals surface area contributed by atoms with E-state index in [1.54, 1.807) is 0 Å². The second kappa shape index (κ2) is 12.1. The summed E-state index contributed by atoms with van der Waals surface area (Å²) < 4.78 is 6.29. The molecule has 1 amide bonds. The van der Waals surface area contributed by atoms with E-state index >= 15 is 0 Å². The van der Waals surface area contributed by atoms with Gasteiger partial charge in [-0.05, 0) is 63.0 Å². The van der Waals surface area contributed by atoms with Crippen molar-refractivity contribution in [1.29, 1.82) is 0 Å². The highest BCUT2D eigenvalue weighted by molar-refractivity contribution is 5.77. The van der Waals surface area contributed by atoms with E-state index in [0.717, 1.165) is 44.8 Å². The summed E-state index contributed by atoms with van der Waals surface area (Å²) in [4.78, 5) is 24.9. The number of hydrogen-bond donors (Lipinski definition) is 3. The Morgan fingerprint density at radius 3 is 2.56 bits per heavy atom. The molecule has 1 aliphatic carbocycles. The first kappa shape index (κ1) is 24.3. The Labute approximate surface area is 190 Å². The van der Waals surface area contributed by atoms with E-state index < -0.39 is 6.10 Å². The monoisotopic (exact) mass is 447 g/mol. The number of piperidine rings is 1. The van der Waals surface area contributed by atoms with Gasteiger partial charge in [-0.25, -0.2) is 0 Å². The highest BCUT2D eigenvalue weighted by Gasteiger charge is 2.43. The number of ether oxygens (including phenoxy) is 1. The van der Waals surface area contributed by atoms with Gasteiger partial charge in [-0.1, -0.05) is 6.07 Å². The SMILES string of the molecule is CCNC(=O)CN1C[C@H]2C[C@@H](Oc3cccc(N4CCCCC4)c3)[C@H](O)C[C@H]2C1.O=CO. The number of nitrogens with one attached hydrogen (secondary N) is 1. The van der Waals surface area contributed by atoms with Crippen molar-refractivity contribution in [2.24, 2.45) is 11.8 Å². The van der Waals surface area contributed by atoms with Gasteiger partial charge < -0.3 is 25.2 Å². The maximum atomic E-state index is 11.9. The van der Waals surface area contributed by atoms with E-state index in [1.165, 1.54) is 24.9 Å². The van der Waals surface area contributed by atoms with E-state index in [1.807, 2.05) is 13.0 Å². The number of carbonyl (C=O) groups excluding carboxylic acids is 1. The molecule has 8 nitrogen and oxygen atoms in total. The van der Waals surface area contributed by atoms with Crippen LogP contribution in [0.5, 0.6) is 5.75 Å². The minimum absolute atomic E-state index is 0.0917. The number of fused-ring (bicyclic) bond motifs is 1. The molecule has 1 saturated carbocycles. The van der Waals surface area contributed by atoms with Crippen molar-refractivity contribution in [3.8, 4) is 5.75 Å². The molecular formula is C24H37N3O5. The number of hydrogen-bond acceptors (Lipinski definition) is 6. The zero-order valence-electron chi connectivity index (χ0n) is 19.0. The summed E-state index contributed by atoms with van der Waals surface area (Å²) in [5, 5.41) is 20.5. The van der Waals surface area contributed by atoms with Gasteiger partial charge in [0.25, 0.3) is 6.47 Å². The van der Waals surface area contributed by atoms with Gasteiger partial charge in [-0.2, -0.15) is 0 Å². The fourth-order valence-corrected chi connectivity index (χ4v) is 5.28. The molecule has 2 saturated heterocycles. The number of likely N-dealkylation sites (tertiary alicyclic amines) is 1. The molecule has 0 unspecified atom stereocenters. The van der Waals surface area contributed by atoms with Crippen molar-refractivity contribution in [2.75, 3.05) is 44.2 Å². The molecule has 0 bridgehead atoms. The normalized spacial score (nSPS) is 27.6. The third-order valence-electron chi connectivity index (χ3n) is 6.73. The number of benzene rings is 1. The topological polar surface area (TPSA) is 102 Å². The number of aliphatic hydroxyl groups is 1. The molecule has 32 heavy (non-hydrogen) atoms. The van der Waals surface area contributed by atoms with E-state index in [2.05, 4.69) is 33.3 Å². The second-order valence-corrected chi connectivity index (χ2v) is 9.01.